The molecule has 0 aliphatic heterocycles. The minimum Gasteiger partial charge on any atom is -0.200 e. The summed E-state index contributed by atoms with van der Waals surface area (Å²) >= 11 is 0. The average Bonchev–Trinajstić information content (AvgIpc) is 2.40. The molecule has 0 unspecified atom stereocenters. The summed E-state index contributed by atoms with van der Waals surface area (Å²) in [7, 11) is 0. The number of rotatable bonds is 0. The van der Waals surface area contributed by atoms with Gasteiger partial charge in [0.15, 0.2) is 0 Å². The molecule has 2 rings (SSSR count). The Morgan fingerprint density at radius 3 is 0.857 bits per heavy atom. The fourth-order valence-corrected chi connectivity index (χ4v) is 2.69. The summed E-state index contributed by atoms with van der Waals surface area (Å²) in [5.41, 5.74) is 0. The van der Waals surface area contributed by atoms with Crippen LogP contribution < -0.4 is 0 Å². The molecule has 0 nitrogen and oxygen atoms in total. The van der Waals surface area contributed by atoms with E-state index in [1.165, 1.54) is 51.4 Å². The van der Waals surface area contributed by atoms with Gasteiger partial charge in [-0.15, -0.1) is 0 Å². The zero-order valence-electron chi connectivity index (χ0n) is 12.3. The maximum Gasteiger partial charge on any atom is 0.371 e. The van der Waals surface area contributed by atoms with Crippen molar-refractivity contribution in [2.75, 3.05) is 0 Å². The van der Waals surface area contributed by atoms with Crippen LogP contribution in [0.5, 0.6) is 0 Å². The van der Waals surface area contributed by atoms with Gasteiger partial charge in [0.05, 0.1) is 0 Å². The largest absolute Gasteiger partial charge is 0.371 e. The molecule has 0 aromatic rings. The van der Waals surface area contributed by atoms with Gasteiger partial charge in [-0.05, 0) is 12.8 Å². The van der Waals surface area contributed by atoms with Crippen LogP contribution in [0.3, 0.4) is 0 Å². The molecule has 0 aromatic heterocycles. The van der Waals surface area contributed by atoms with E-state index in [2.05, 4.69) is 0 Å². The quantitative estimate of drug-likeness (QED) is 0.349. The molecule has 0 radical (unpaired) electrons. The molecule has 0 bridgehead atoms. The Kier molecular flexibility index (Phi) is 6.85. The van der Waals surface area contributed by atoms with Crippen molar-refractivity contribution >= 4 is 0 Å². The highest BCUT2D eigenvalue weighted by molar-refractivity contribution is 4.98. The van der Waals surface area contributed by atoms with E-state index >= 15 is 0 Å². The monoisotopic (exact) mass is 318 g/mol. The Hall–Kier alpha value is -0.420. The first kappa shape index (κ1) is 18.6. The number of hydrogen-bond donors (Lipinski definition) is 0. The molecule has 2 saturated carbocycles. The van der Waals surface area contributed by atoms with Gasteiger partial charge >= 0.3 is 17.8 Å². The Bertz CT molecular complexity index is 257. The van der Waals surface area contributed by atoms with E-state index in [9.17, 15) is 26.3 Å². The summed E-state index contributed by atoms with van der Waals surface area (Å²) in [4.78, 5) is 0. The van der Waals surface area contributed by atoms with Gasteiger partial charge < -0.3 is 0 Å². The fourth-order valence-electron chi connectivity index (χ4n) is 2.69. The second-order valence-corrected chi connectivity index (χ2v) is 6.02. The van der Waals surface area contributed by atoms with Crippen molar-refractivity contribution in [3.63, 3.8) is 0 Å². The molecular formula is C15H24F6. The molecular weight excluding hydrogens is 294 g/mol. The highest BCUT2D eigenvalue weighted by Crippen LogP contribution is 2.52. The Balaban J connectivity index is 0.000000235. The maximum absolute atomic E-state index is 12.5. The summed E-state index contributed by atoms with van der Waals surface area (Å²) < 4.78 is 75.1. The third kappa shape index (κ3) is 5.06. The van der Waals surface area contributed by atoms with Crippen molar-refractivity contribution in [3.05, 3.63) is 0 Å². The van der Waals surface area contributed by atoms with Crippen LogP contribution in [-0.2, 0) is 0 Å². The predicted molar refractivity (Wildman–Crippen MR) is 70.2 cm³/mol. The Labute approximate surface area is 122 Å². The number of hydrogen-bond acceptors (Lipinski definition) is 0. The fraction of sp³-hybridized carbons (Fsp3) is 1.00. The molecule has 2 aliphatic carbocycles. The molecule has 0 aromatic carbocycles. The van der Waals surface area contributed by atoms with E-state index in [0.29, 0.717) is 0 Å². The molecule has 0 atom stereocenters. The highest BCUT2D eigenvalue weighted by atomic mass is 19.3. The van der Waals surface area contributed by atoms with Gasteiger partial charge in [-0.1, -0.05) is 51.4 Å². The van der Waals surface area contributed by atoms with Crippen molar-refractivity contribution in [1.29, 1.82) is 0 Å². The van der Waals surface area contributed by atoms with Crippen LogP contribution in [0.25, 0.3) is 0 Å². The van der Waals surface area contributed by atoms with Crippen LogP contribution in [0.1, 0.15) is 77.0 Å². The first-order valence-electron chi connectivity index (χ1n) is 7.84. The first-order chi connectivity index (χ1) is 9.71. The van der Waals surface area contributed by atoms with E-state index in [0.717, 1.165) is 0 Å². The molecule has 0 N–H and O–H groups in total. The first-order valence-corrected chi connectivity index (χ1v) is 7.84. The zero-order valence-corrected chi connectivity index (χ0v) is 12.3. The lowest BCUT2D eigenvalue weighted by molar-refractivity contribution is -0.305. The van der Waals surface area contributed by atoms with Crippen molar-refractivity contribution in [1.82, 2.24) is 0 Å². The lowest BCUT2D eigenvalue weighted by Crippen LogP contribution is -2.52. The van der Waals surface area contributed by atoms with Crippen molar-refractivity contribution in [2.45, 2.75) is 94.8 Å². The highest BCUT2D eigenvalue weighted by Gasteiger charge is 2.71. The second kappa shape index (κ2) is 7.73. The number of alkyl halides is 6. The van der Waals surface area contributed by atoms with Crippen LogP contribution >= 0.6 is 0 Å². The van der Waals surface area contributed by atoms with E-state index < -0.39 is 30.6 Å². The third-order valence-electron chi connectivity index (χ3n) is 4.15. The summed E-state index contributed by atoms with van der Waals surface area (Å²) in [6.45, 7) is 0. The minimum absolute atomic E-state index is 0.293. The van der Waals surface area contributed by atoms with Crippen LogP contribution in [-0.4, -0.2) is 17.8 Å². The molecule has 0 amide bonds. The molecule has 0 saturated heterocycles. The van der Waals surface area contributed by atoms with Gasteiger partial charge in [0.25, 0.3) is 0 Å². The van der Waals surface area contributed by atoms with Gasteiger partial charge in [-0.2, -0.15) is 26.3 Å². The van der Waals surface area contributed by atoms with Crippen LogP contribution in [0.2, 0.25) is 0 Å². The van der Waals surface area contributed by atoms with E-state index in [1.54, 1.807) is 0 Å². The average molecular weight is 318 g/mol. The van der Waals surface area contributed by atoms with Gasteiger partial charge in [0.2, 0.25) is 0 Å². The molecule has 6 heteroatoms. The second-order valence-electron chi connectivity index (χ2n) is 6.02. The molecule has 0 heterocycles. The molecule has 21 heavy (non-hydrogen) atoms. The van der Waals surface area contributed by atoms with Crippen molar-refractivity contribution in [2.24, 2.45) is 0 Å². The molecule has 0 spiro atoms. The van der Waals surface area contributed by atoms with E-state index in [-0.39, 0.29) is 12.8 Å². The summed E-state index contributed by atoms with van der Waals surface area (Å²) in [5, 5.41) is 0. The van der Waals surface area contributed by atoms with Gasteiger partial charge in [0.1, 0.15) is 0 Å². The zero-order chi connectivity index (χ0) is 16.0. The Morgan fingerprint density at radius 2 is 0.619 bits per heavy atom. The predicted octanol–water partition coefficient (Wildman–Crippen LogP) is 6.59. The van der Waals surface area contributed by atoms with Crippen LogP contribution in [0.4, 0.5) is 26.3 Å². The molecule has 126 valence electrons. The van der Waals surface area contributed by atoms with Crippen molar-refractivity contribution < 1.29 is 26.3 Å². The third-order valence-corrected chi connectivity index (χ3v) is 4.15. The smallest absolute Gasteiger partial charge is 0.200 e. The molecule has 2 aliphatic rings. The van der Waals surface area contributed by atoms with Gasteiger partial charge in [0, 0.05) is 12.8 Å². The maximum atomic E-state index is 12.5. The lowest BCUT2D eigenvalue weighted by atomic mass is 10.0. The summed E-state index contributed by atoms with van der Waals surface area (Å²) in [6, 6.07) is 0. The minimum atomic E-state index is -5.21. The van der Waals surface area contributed by atoms with Gasteiger partial charge in [-0.25, -0.2) is 0 Å². The molecule has 2 fully saturated rings. The normalized spacial score (nSPS) is 28.3. The summed E-state index contributed by atoms with van der Waals surface area (Å²) in [5.74, 6) is -14.4. The van der Waals surface area contributed by atoms with E-state index in [1.807, 2.05) is 0 Å². The lowest BCUT2D eigenvalue weighted by Gasteiger charge is -2.30. The topological polar surface area (TPSA) is 0 Å². The Morgan fingerprint density at radius 1 is 0.381 bits per heavy atom. The summed E-state index contributed by atoms with van der Waals surface area (Å²) in [6.07, 6.45) is 9.07. The number of halogens is 6. The van der Waals surface area contributed by atoms with E-state index in [4.69, 9.17) is 0 Å². The van der Waals surface area contributed by atoms with Crippen LogP contribution in [0.15, 0.2) is 0 Å². The SMILES string of the molecule is C1CCCCCCC1.FC1(F)CCCCC(F)(F)C1(F)F. The van der Waals surface area contributed by atoms with Crippen molar-refractivity contribution in [3.8, 4) is 0 Å². The van der Waals surface area contributed by atoms with Crippen LogP contribution in [0, 0.1) is 0 Å². The van der Waals surface area contributed by atoms with Gasteiger partial charge in [-0.3, -0.25) is 0 Å². The standard InChI is InChI=1S/C8H16.C7H8F6/c1-2-4-6-8-7-5-3-1;8-5(9)3-1-2-4-6(10,11)7(5,12)13/h1-8H2;1-4H2.